The van der Waals surface area contributed by atoms with Gasteiger partial charge in [0, 0.05) is 5.39 Å². The van der Waals surface area contributed by atoms with Crippen molar-refractivity contribution in [1.29, 1.82) is 0 Å². The number of hydrogen-bond acceptors (Lipinski definition) is 6. The number of ether oxygens (including phenoxy) is 3. The van der Waals surface area contributed by atoms with Crippen LogP contribution in [0.4, 0.5) is 4.79 Å². The predicted molar refractivity (Wildman–Crippen MR) is 160 cm³/mol. The summed E-state index contributed by atoms with van der Waals surface area (Å²) in [5, 5.41) is 2.05. The van der Waals surface area contributed by atoms with Crippen molar-refractivity contribution in [2.24, 2.45) is 0 Å². The number of aryl methyl sites for hydroxylation is 1. The lowest BCUT2D eigenvalue weighted by Gasteiger charge is -2.15. The van der Waals surface area contributed by atoms with Gasteiger partial charge in [-0.1, -0.05) is 72.3 Å². The Balaban J connectivity index is 1.28. The second kappa shape index (κ2) is 12.5. The third-order valence-electron chi connectivity index (χ3n) is 6.46. The number of rotatable bonds is 10. The number of hydrogen-bond donors (Lipinski definition) is 0. The van der Waals surface area contributed by atoms with E-state index < -0.39 is 0 Å². The van der Waals surface area contributed by atoms with Gasteiger partial charge in [-0.3, -0.25) is 14.5 Å². The molecule has 204 valence electrons. The van der Waals surface area contributed by atoms with Crippen molar-refractivity contribution in [3.8, 4) is 17.2 Å². The van der Waals surface area contributed by atoms with Crippen LogP contribution in [0.1, 0.15) is 23.6 Å². The highest BCUT2D eigenvalue weighted by atomic mass is 35.5. The van der Waals surface area contributed by atoms with Crippen molar-refractivity contribution in [1.82, 2.24) is 4.90 Å². The highest BCUT2D eigenvalue weighted by Crippen LogP contribution is 2.39. The highest BCUT2D eigenvalue weighted by Gasteiger charge is 2.35. The minimum Gasteiger partial charge on any atom is -0.491 e. The summed E-state index contributed by atoms with van der Waals surface area (Å²) in [6.07, 6.45) is 1.65. The molecular weight excluding hydrogens is 546 g/mol. The molecule has 0 saturated carbocycles. The van der Waals surface area contributed by atoms with Crippen LogP contribution >= 0.6 is 23.4 Å². The third-order valence-corrected chi connectivity index (χ3v) is 7.65. The summed E-state index contributed by atoms with van der Waals surface area (Å²) < 4.78 is 17.8. The molecule has 0 atom stereocenters. The Labute approximate surface area is 242 Å². The molecule has 0 aromatic heterocycles. The number of fused-ring (bicyclic) bond motifs is 1. The largest absolute Gasteiger partial charge is 0.491 e. The van der Waals surface area contributed by atoms with E-state index in [9.17, 15) is 9.59 Å². The van der Waals surface area contributed by atoms with Crippen LogP contribution in [0.25, 0.3) is 16.8 Å². The Kier molecular flexibility index (Phi) is 8.63. The average molecular weight is 574 g/mol. The van der Waals surface area contributed by atoms with E-state index in [1.165, 1.54) is 4.90 Å². The Morgan fingerprint density at radius 1 is 0.900 bits per heavy atom. The van der Waals surface area contributed by atoms with Gasteiger partial charge < -0.3 is 14.2 Å². The lowest BCUT2D eigenvalue weighted by atomic mass is 10.1. The molecule has 1 aliphatic heterocycles. The maximum absolute atomic E-state index is 13.1. The molecule has 0 N–H and O–H groups in total. The molecule has 6 nitrogen and oxygen atoms in total. The molecule has 1 fully saturated rings. The lowest BCUT2D eigenvalue weighted by molar-refractivity contribution is -0.123. The van der Waals surface area contributed by atoms with Gasteiger partial charge in [0.25, 0.3) is 11.1 Å². The number of carbonyl (C=O) groups excluding carboxylic acids is 2. The van der Waals surface area contributed by atoms with Crippen LogP contribution in [0.3, 0.4) is 0 Å². The number of thioether (sulfide) groups is 1. The van der Waals surface area contributed by atoms with Crippen molar-refractivity contribution >= 4 is 51.4 Å². The van der Waals surface area contributed by atoms with Gasteiger partial charge in [-0.25, -0.2) is 0 Å². The van der Waals surface area contributed by atoms with Crippen LogP contribution in [-0.4, -0.2) is 35.8 Å². The van der Waals surface area contributed by atoms with E-state index in [1.807, 2.05) is 80.6 Å². The van der Waals surface area contributed by atoms with E-state index in [1.54, 1.807) is 18.2 Å². The smallest absolute Gasteiger partial charge is 0.293 e. The minimum absolute atomic E-state index is 0.141. The number of benzene rings is 4. The second-order valence-electron chi connectivity index (χ2n) is 9.14. The Morgan fingerprint density at radius 2 is 1.68 bits per heavy atom. The molecule has 40 heavy (non-hydrogen) atoms. The summed E-state index contributed by atoms with van der Waals surface area (Å²) in [4.78, 5) is 27.3. The van der Waals surface area contributed by atoms with Gasteiger partial charge in [-0.05, 0) is 72.0 Å². The van der Waals surface area contributed by atoms with E-state index in [-0.39, 0.29) is 24.3 Å². The Bertz CT molecular complexity index is 1600. The maximum atomic E-state index is 13.1. The van der Waals surface area contributed by atoms with Crippen molar-refractivity contribution in [2.75, 3.05) is 19.8 Å². The summed E-state index contributed by atoms with van der Waals surface area (Å²) in [5.74, 6) is 1.24. The van der Waals surface area contributed by atoms with E-state index in [4.69, 9.17) is 25.8 Å². The maximum Gasteiger partial charge on any atom is 0.293 e. The molecule has 1 heterocycles. The second-order valence-corrected chi connectivity index (χ2v) is 10.5. The Hall–Kier alpha value is -3.94. The van der Waals surface area contributed by atoms with Crippen LogP contribution in [-0.2, 0) is 11.4 Å². The quantitative estimate of drug-likeness (QED) is 0.180. The van der Waals surface area contributed by atoms with Gasteiger partial charge in [0.2, 0.25) is 0 Å². The molecule has 2 amide bonds. The van der Waals surface area contributed by atoms with Gasteiger partial charge in [0.15, 0.2) is 11.5 Å². The van der Waals surface area contributed by atoms with E-state index in [0.29, 0.717) is 46.0 Å². The predicted octanol–water partition coefficient (Wildman–Crippen LogP) is 7.89. The van der Waals surface area contributed by atoms with Gasteiger partial charge in [-0.2, -0.15) is 0 Å². The van der Waals surface area contributed by atoms with Gasteiger partial charge in [0.1, 0.15) is 19.0 Å². The molecule has 1 aliphatic rings. The van der Waals surface area contributed by atoms with Gasteiger partial charge in [0.05, 0.1) is 23.1 Å². The molecule has 4 aromatic carbocycles. The molecule has 1 saturated heterocycles. The summed E-state index contributed by atoms with van der Waals surface area (Å²) >= 11 is 7.50. The molecule has 0 unspecified atom stereocenters. The monoisotopic (exact) mass is 573 g/mol. The zero-order chi connectivity index (χ0) is 28.1. The lowest BCUT2D eigenvalue weighted by Crippen LogP contribution is -2.32. The summed E-state index contributed by atoms with van der Waals surface area (Å²) in [6, 6.07) is 25.1. The number of carbonyl (C=O) groups is 2. The van der Waals surface area contributed by atoms with Gasteiger partial charge in [-0.15, -0.1) is 0 Å². The molecular formula is C32H28ClNO5S. The first-order valence-corrected chi connectivity index (χ1v) is 14.1. The molecule has 0 spiro atoms. The molecule has 0 radical (unpaired) electrons. The summed E-state index contributed by atoms with van der Waals surface area (Å²) in [6.45, 7) is 4.97. The number of halogens is 1. The molecule has 0 bridgehead atoms. The molecule has 0 aliphatic carbocycles. The van der Waals surface area contributed by atoms with E-state index in [0.717, 1.165) is 33.7 Å². The van der Waals surface area contributed by atoms with E-state index >= 15 is 0 Å². The number of amides is 2. The first-order valence-electron chi connectivity index (χ1n) is 12.9. The molecule has 8 heteroatoms. The Morgan fingerprint density at radius 3 is 2.50 bits per heavy atom. The van der Waals surface area contributed by atoms with Crippen LogP contribution < -0.4 is 14.2 Å². The van der Waals surface area contributed by atoms with Crippen molar-refractivity contribution in [3.63, 3.8) is 0 Å². The summed E-state index contributed by atoms with van der Waals surface area (Å²) in [7, 11) is 0. The fraction of sp³-hybridized carbons (Fsp3) is 0.188. The van der Waals surface area contributed by atoms with Crippen LogP contribution in [0.5, 0.6) is 17.2 Å². The van der Waals surface area contributed by atoms with Crippen LogP contribution in [0, 0.1) is 6.92 Å². The van der Waals surface area contributed by atoms with Crippen molar-refractivity contribution in [2.45, 2.75) is 20.5 Å². The first kappa shape index (κ1) is 27.6. The van der Waals surface area contributed by atoms with Crippen molar-refractivity contribution < 1.29 is 23.8 Å². The fourth-order valence-corrected chi connectivity index (χ4v) is 5.55. The van der Waals surface area contributed by atoms with Crippen LogP contribution in [0.2, 0.25) is 5.02 Å². The topological polar surface area (TPSA) is 65.1 Å². The molecule has 4 aromatic rings. The molecule has 5 rings (SSSR count). The van der Waals surface area contributed by atoms with Crippen LogP contribution in [0.15, 0.2) is 83.8 Å². The first-order chi connectivity index (χ1) is 19.4. The minimum atomic E-state index is -0.370. The normalized spacial score (nSPS) is 14.3. The summed E-state index contributed by atoms with van der Waals surface area (Å²) in [5.41, 5.74) is 2.80. The fourth-order valence-electron chi connectivity index (χ4n) is 4.41. The SMILES string of the molecule is CCOc1cc(/C=C2\SC(=O)N(CCOc3cccc4ccccc34)C2=O)cc(Cl)c1OCc1ccccc1C. The van der Waals surface area contributed by atoms with Crippen molar-refractivity contribution in [3.05, 3.63) is 105 Å². The third kappa shape index (κ3) is 6.11. The van der Waals surface area contributed by atoms with E-state index in [2.05, 4.69) is 0 Å². The number of imide groups is 1. The zero-order valence-corrected chi connectivity index (χ0v) is 23.8. The van der Waals surface area contributed by atoms with Gasteiger partial charge >= 0.3 is 0 Å². The standard InChI is InChI=1S/C32H28ClNO5S/c1-3-37-28-18-22(17-26(33)30(28)39-20-24-11-5-4-9-21(24)2)19-29-31(35)34(32(36)40-29)15-16-38-27-14-8-12-23-10-6-7-13-25(23)27/h4-14,17-19H,3,15-16,20H2,1-2H3/b29-19-. The zero-order valence-electron chi connectivity index (χ0n) is 22.2. The average Bonchev–Trinajstić information content (AvgIpc) is 3.21. The highest BCUT2D eigenvalue weighted by molar-refractivity contribution is 8.18. The number of nitrogens with zero attached hydrogens (tertiary/aromatic N) is 1.